The van der Waals surface area contributed by atoms with E-state index in [9.17, 15) is 14.4 Å². The van der Waals surface area contributed by atoms with Crippen LogP contribution in [0, 0.1) is 5.92 Å². The maximum Gasteiger partial charge on any atom is 0.285 e. The molecule has 8 nitrogen and oxygen atoms in total. The molecule has 0 aromatic heterocycles. The van der Waals surface area contributed by atoms with Crippen molar-refractivity contribution >= 4 is 29.1 Å². The van der Waals surface area contributed by atoms with Gasteiger partial charge in [0, 0.05) is 24.1 Å². The Kier molecular flexibility index (Phi) is 4.98. The van der Waals surface area contributed by atoms with Crippen LogP contribution in [0.5, 0.6) is 0 Å². The van der Waals surface area contributed by atoms with Gasteiger partial charge in [0.25, 0.3) is 11.6 Å². The van der Waals surface area contributed by atoms with Crippen LogP contribution in [0.4, 0.5) is 11.4 Å². The number of nitrogens with zero attached hydrogens (tertiary/aromatic N) is 3. The molecule has 2 aromatic rings. The van der Waals surface area contributed by atoms with Crippen LogP contribution < -0.4 is 15.5 Å². The number of carbonyl (C=O) groups is 3. The molecule has 0 saturated carbocycles. The highest BCUT2D eigenvalue weighted by molar-refractivity contribution is 6.14. The predicted molar refractivity (Wildman–Crippen MR) is 119 cm³/mol. The van der Waals surface area contributed by atoms with Gasteiger partial charge in [0.15, 0.2) is 0 Å². The molecule has 3 heterocycles. The molecule has 32 heavy (non-hydrogen) atoms. The number of primary amides is 1. The molecule has 1 saturated heterocycles. The van der Waals surface area contributed by atoms with Gasteiger partial charge in [0.05, 0.1) is 24.5 Å². The van der Waals surface area contributed by atoms with Crippen LogP contribution in [0.3, 0.4) is 0 Å². The molecule has 0 radical (unpaired) electrons. The zero-order valence-electron chi connectivity index (χ0n) is 18.0. The number of hydrogen-bond acceptors (Lipinski definition) is 5. The average molecular weight is 434 g/mol. The minimum absolute atomic E-state index is 0.129. The van der Waals surface area contributed by atoms with Crippen LogP contribution in [0.2, 0.25) is 0 Å². The number of piperidine rings is 1. The Morgan fingerprint density at radius 2 is 1.72 bits per heavy atom. The fourth-order valence-electron chi connectivity index (χ4n) is 5.08. The van der Waals surface area contributed by atoms with Gasteiger partial charge in [-0.05, 0) is 38.1 Å². The van der Waals surface area contributed by atoms with Gasteiger partial charge in [-0.2, -0.15) is 0 Å². The van der Waals surface area contributed by atoms with Gasteiger partial charge in [-0.1, -0.05) is 36.4 Å². The molecule has 1 fully saturated rings. The summed E-state index contributed by atoms with van der Waals surface area (Å²) in [6.45, 7) is 1.57. The van der Waals surface area contributed by atoms with Crippen molar-refractivity contribution in [3.05, 3.63) is 59.7 Å². The summed E-state index contributed by atoms with van der Waals surface area (Å²) in [5.74, 6) is -0.935. The SMILES string of the molecule is CN1C(=O)C2(OCc3ccccc3N2C(=O)CN2CCC(C(N)=O)CC2)c2ccccc21. The smallest absolute Gasteiger partial charge is 0.285 e. The Morgan fingerprint density at radius 3 is 2.44 bits per heavy atom. The molecule has 2 N–H and O–H groups in total. The molecule has 1 unspecified atom stereocenters. The predicted octanol–water partition coefficient (Wildman–Crippen LogP) is 1.58. The van der Waals surface area contributed by atoms with E-state index in [1.165, 1.54) is 4.90 Å². The third-order valence-electron chi connectivity index (χ3n) is 6.81. The van der Waals surface area contributed by atoms with Crippen molar-refractivity contribution < 1.29 is 19.1 Å². The van der Waals surface area contributed by atoms with Crippen LogP contribution >= 0.6 is 0 Å². The van der Waals surface area contributed by atoms with E-state index in [-0.39, 0.29) is 36.8 Å². The number of carbonyl (C=O) groups excluding carboxylic acids is 3. The minimum Gasteiger partial charge on any atom is -0.369 e. The summed E-state index contributed by atoms with van der Waals surface area (Å²) < 4.78 is 6.27. The first-order valence-corrected chi connectivity index (χ1v) is 10.9. The van der Waals surface area contributed by atoms with Crippen molar-refractivity contribution in [1.82, 2.24) is 4.90 Å². The molecule has 0 aliphatic carbocycles. The number of nitrogens with two attached hydrogens (primary N) is 1. The summed E-state index contributed by atoms with van der Waals surface area (Å²) in [6, 6.07) is 15.0. The summed E-state index contributed by atoms with van der Waals surface area (Å²) in [6.07, 6.45) is 1.26. The topological polar surface area (TPSA) is 96.2 Å². The molecule has 0 bridgehead atoms. The number of benzene rings is 2. The van der Waals surface area contributed by atoms with Crippen LogP contribution in [0.1, 0.15) is 24.0 Å². The molecular formula is C24H26N4O4. The van der Waals surface area contributed by atoms with Gasteiger partial charge < -0.3 is 15.4 Å². The quantitative estimate of drug-likeness (QED) is 0.791. The highest BCUT2D eigenvalue weighted by Gasteiger charge is 2.59. The van der Waals surface area contributed by atoms with Gasteiger partial charge in [-0.25, -0.2) is 0 Å². The lowest BCUT2D eigenvalue weighted by atomic mass is 9.95. The maximum absolute atomic E-state index is 13.8. The molecular weight excluding hydrogens is 408 g/mol. The summed E-state index contributed by atoms with van der Waals surface area (Å²) in [4.78, 5) is 44.0. The summed E-state index contributed by atoms with van der Waals surface area (Å²) >= 11 is 0. The molecule has 3 aliphatic rings. The van der Waals surface area contributed by atoms with E-state index in [1.807, 2.05) is 53.4 Å². The number of anilines is 2. The van der Waals surface area contributed by atoms with E-state index in [0.717, 1.165) is 11.3 Å². The number of fused-ring (bicyclic) bond motifs is 3. The maximum atomic E-state index is 13.8. The summed E-state index contributed by atoms with van der Waals surface area (Å²) in [5.41, 5.74) is 6.87. The van der Waals surface area contributed by atoms with Crippen LogP contribution in [-0.4, -0.2) is 49.3 Å². The van der Waals surface area contributed by atoms with Crippen LogP contribution in [0.25, 0.3) is 0 Å². The fourth-order valence-corrected chi connectivity index (χ4v) is 5.08. The first-order chi connectivity index (χ1) is 15.4. The Bertz CT molecular complexity index is 1090. The van der Waals surface area contributed by atoms with Gasteiger partial charge in [-0.3, -0.25) is 24.2 Å². The normalized spacial score (nSPS) is 23.3. The third-order valence-corrected chi connectivity index (χ3v) is 6.81. The molecule has 8 heteroatoms. The lowest BCUT2D eigenvalue weighted by molar-refractivity contribution is -0.153. The summed E-state index contributed by atoms with van der Waals surface area (Å²) in [7, 11) is 1.71. The van der Waals surface area contributed by atoms with Gasteiger partial charge in [-0.15, -0.1) is 0 Å². The molecule has 5 rings (SSSR count). The van der Waals surface area contributed by atoms with Crippen LogP contribution in [0.15, 0.2) is 48.5 Å². The number of ether oxygens (including phenoxy) is 1. The number of hydrogen-bond donors (Lipinski definition) is 1. The second kappa shape index (κ2) is 7.72. The molecule has 1 spiro atoms. The van der Waals surface area contributed by atoms with Crippen molar-refractivity contribution in [2.45, 2.75) is 25.2 Å². The number of likely N-dealkylation sites (N-methyl/N-ethyl adjacent to an activating group) is 1. The average Bonchev–Trinajstić information content (AvgIpc) is 3.02. The highest BCUT2D eigenvalue weighted by Crippen LogP contribution is 2.49. The standard InChI is InChI=1S/C24H26N4O4/c1-26-20-9-5-3-7-18(20)24(23(26)31)28(19-8-4-2-6-17(19)15-32-24)21(29)14-27-12-10-16(11-13-27)22(25)30/h2-9,16H,10-15H2,1H3,(H2,25,30). The van der Waals surface area contributed by atoms with E-state index in [1.54, 1.807) is 11.9 Å². The zero-order chi connectivity index (χ0) is 22.5. The lowest BCUT2D eigenvalue weighted by Crippen LogP contribution is -2.61. The Balaban J connectivity index is 1.53. The molecule has 3 amide bonds. The number of amides is 3. The van der Waals surface area contributed by atoms with E-state index in [2.05, 4.69) is 0 Å². The molecule has 166 valence electrons. The van der Waals surface area contributed by atoms with Crippen molar-refractivity contribution in [2.75, 3.05) is 36.5 Å². The van der Waals surface area contributed by atoms with E-state index in [4.69, 9.17) is 10.5 Å². The van der Waals surface area contributed by atoms with E-state index < -0.39 is 5.72 Å². The minimum atomic E-state index is -1.53. The van der Waals surface area contributed by atoms with Crippen molar-refractivity contribution in [2.24, 2.45) is 11.7 Å². The number of rotatable bonds is 3. The third kappa shape index (κ3) is 3.02. The molecule has 2 aromatic carbocycles. The largest absolute Gasteiger partial charge is 0.369 e. The fraction of sp³-hybridized carbons (Fsp3) is 0.375. The highest BCUT2D eigenvalue weighted by atomic mass is 16.5. The second-order valence-electron chi connectivity index (χ2n) is 8.62. The Labute approximate surface area is 186 Å². The van der Waals surface area contributed by atoms with Gasteiger partial charge in [0.2, 0.25) is 11.8 Å². The first-order valence-electron chi connectivity index (χ1n) is 10.9. The monoisotopic (exact) mass is 434 g/mol. The van der Waals surface area contributed by atoms with E-state index >= 15 is 0 Å². The molecule has 1 atom stereocenters. The first kappa shape index (κ1) is 20.7. The summed E-state index contributed by atoms with van der Waals surface area (Å²) in [5, 5.41) is 0. The number of para-hydroxylation sites is 2. The number of likely N-dealkylation sites (tertiary alicyclic amines) is 1. The molecule has 3 aliphatic heterocycles. The van der Waals surface area contributed by atoms with Gasteiger partial charge >= 0.3 is 0 Å². The van der Waals surface area contributed by atoms with Crippen LogP contribution in [-0.2, 0) is 31.5 Å². The van der Waals surface area contributed by atoms with Crippen molar-refractivity contribution in [3.8, 4) is 0 Å². The second-order valence-corrected chi connectivity index (χ2v) is 8.62. The van der Waals surface area contributed by atoms with Crippen molar-refractivity contribution in [3.63, 3.8) is 0 Å². The van der Waals surface area contributed by atoms with Gasteiger partial charge in [0.1, 0.15) is 0 Å². The lowest BCUT2D eigenvalue weighted by Gasteiger charge is -2.44. The van der Waals surface area contributed by atoms with Crippen molar-refractivity contribution in [1.29, 1.82) is 0 Å². The Hall–Kier alpha value is -3.23. The van der Waals surface area contributed by atoms with E-state index in [0.29, 0.717) is 37.2 Å². The zero-order valence-corrected chi connectivity index (χ0v) is 18.0. The Morgan fingerprint density at radius 1 is 1.06 bits per heavy atom.